The highest BCUT2D eigenvalue weighted by molar-refractivity contribution is 8.00. The number of ether oxygens (including phenoxy) is 1. The SMILES string of the molecule is CC(Sc1cnn(C)c1)C(=O)OC(C)(C)C. The lowest BCUT2D eigenvalue weighted by Crippen LogP contribution is -2.28. The van der Waals surface area contributed by atoms with Gasteiger partial charge in [0.05, 0.1) is 6.20 Å². The van der Waals surface area contributed by atoms with Crippen LogP contribution in [0.1, 0.15) is 27.7 Å². The molecule has 90 valence electrons. The second-order valence-corrected chi connectivity index (χ2v) is 6.06. The third-order valence-electron chi connectivity index (χ3n) is 1.73. The molecule has 0 radical (unpaired) electrons. The molecule has 0 aliphatic heterocycles. The second-order valence-electron chi connectivity index (χ2n) is 4.64. The van der Waals surface area contributed by atoms with Gasteiger partial charge in [-0.05, 0) is 27.7 Å². The van der Waals surface area contributed by atoms with Gasteiger partial charge in [0.2, 0.25) is 0 Å². The Morgan fingerprint density at radius 2 is 2.19 bits per heavy atom. The molecule has 1 atom stereocenters. The van der Waals surface area contributed by atoms with Gasteiger partial charge in [-0.25, -0.2) is 0 Å². The average Bonchev–Trinajstić information content (AvgIpc) is 2.48. The van der Waals surface area contributed by atoms with Crippen molar-refractivity contribution in [2.24, 2.45) is 7.05 Å². The third-order valence-corrected chi connectivity index (χ3v) is 2.76. The number of nitrogens with zero attached hydrogens (tertiary/aromatic N) is 2. The highest BCUT2D eigenvalue weighted by Crippen LogP contribution is 2.24. The molecule has 1 aromatic heterocycles. The zero-order valence-corrected chi connectivity index (χ0v) is 11.2. The Bertz CT molecular complexity index is 368. The summed E-state index contributed by atoms with van der Waals surface area (Å²) in [7, 11) is 1.85. The Kier molecular flexibility index (Phi) is 4.02. The summed E-state index contributed by atoms with van der Waals surface area (Å²) in [5.41, 5.74) is -0.430. The van der Waals surface area contributed by atoms with Crippen LogP contribution in [0.25, 0.3) is 0 Å². The molecule has 0 fully saturated rings. The van der Waals surface area contributed by atoms with E-state index >= 15 is 0 Å². The first-order valence-electron chi connectivity index (χ1n) is 5.16. The summed E-state index contributed by atoms with van der Waals surface area (Å²) in [6.45, 7) is 7.44. The number of hydrogen-bond donors (Lipinski definition) is 0. The minimum atomic E-state index is -0.430. The lowest BCUT2D eigenvalue weighted by molar-refractivity contribution is -0.153. The Labute approximate surface area is 100 Å². The van der Waals surface area contributed by atoms with Gasteiger partial charge in [0.1, 0.15) is 10.9 Å². The molecule has 4 nitrogen and oxygen atoms in total. The van der Waals surface area contributed by atoms with Gasteiger partial charge in [-0.3, -0.25) is 9.48 Å². The van der Waals surface area contributed by atoms with E-state index in [2.05, 4.69) is 5.10 Å². The second kappa shape index (κ2) is 4.91. The van der Waals surface area contributed by atoms with E-state index in [4.69, 9.17) is 4.74 Å². The fraction of sp³-hybridized carbons (Fsp3) is 0.636. The molecular weight excluding hydrogens is 224 g/mol. The minimum Gasteiger partial charge on any atom is -0.459 e. The van der Waals surface area contributed by atoms with Crippen molar-refractivity contribution >= 4 is 17.7 Å². The van der Waals surface area contributed by atoms with Gasteiger partial charge in [-0.2, -0.15) is 5.10 Å². The number of thioether (sulfide) groups is 1. The molecule has 0 aliphatic rings. The third kappa shape index (κ3) is 4.26. The smallest absolute Gasteiger partial charge is 0.319 e. The molecule has 0 bridgehead atoms. The summed E-state index contributed by atoms with van der Waals surface area (Å²) < 4.78 is 7.00. The fourth-order valence-electron chi connectivity index (χ4n) is 1.10. The fourth-order valence-corrected chi connectivity index (χ4v) is 1.97. The van der Waals surface area contributed by atoms with E-state index in [1.807, 2.05) is 40.9 Å². The Morgan fingerprint density at radius 1 is 1.56 bits per heavy atom. The lowest BCUT2D eigenvalue weighted by Gasteiger charge is -2.21. The molecule has 16 heavy (non-hydrogen) atoms. The molecule has 0 spiro atoms. The Hall–Kier alpha value is -0.970. The summed E-state index contributed by atoms with van der Waals surface area (Å²) in [6.07, 6.45) is 3.62. The van der Waals surface area contributed by atoms with Crippen molar-refractivity contribution in [1.82, 2.24) is 9.78 Å². The molecule has 1 heterocycles. The molecule has 1 unspecified atom stereocenters. The van der Waals surface area contributed by atoms with Crippen molar-refractivity contribution in [2.75, 3.05) is 0 Å². The van der Waals surface area contributed by atoms with Crippen molar-refractivity contribution in [3.8, 4) is 0 Å². The molecule has 0 saturated carbocycles. The van der Waals surface area contributed by atoms with Gasteiger partial charge < -0.3 is 4.74 Å². The van der Waals surface area contributed by atoms with Crippen LogP contribution in [0.2, 0.25) is 0 Å². The van der Waals surface area contributed by atoms with Crippen molar-refractivity contribution in [3.05, 3.63) is 12.4 Å². The maximum absolute atomic E-state index is 11.7. The van der Waals surface area contributed by atoms with E-state index in [1.54, 1.807) is 10.9 Å². The zero-order valence-electron chi connectivity index (χ0n) is 10.4. The van der Waals surface area contributed by atoms with Gasteiger partial charge in [-0.1, -0.05) is 0 Å². The van der Waals surface area contributed by atoms with Crippen LogP contribution >= 0.6 is 11.8 Å². The highest BCUT2D eigenvalue weighted by Gasteiger charge is 2.22. The monoisotopic (exact) mass is 242 g/mol. The van der Waals surface area contributed by atoms with Crippen molar-refractivity contribution in [3.63, 3.8) is 0 Å². The summed E-state index contributed by atoms with van der Waals surface area (Å²) in [5, 5.41) is 3.83. The lowest BCUT2D eigenvalue weighted by atomic mass is 10.2. The predicted octanol–water partition coefficient (Wildman–Crippen LogP) is 2.24. The van der Waals surface area contributed by atoms with Gasteiger partial charge in [0.25, 0.3) is 0 Å². The van der Waals surface area contributed by atoms with Crippen LogP contribution in [0.5, 0.6) is 0 Å². The molecule has 0 aromatic carbocycles. The van der Waals surface area contributed by atoms with E-state index in [0.29, 0.717) is 0 Å². The predicted molar refractivity (Wildman–Crippen MR) is 64.4 cm³/mol. The van der Waals surface area contributed by atoms with Crippen LogP contribution in [0.4, 0.5) is 0 Å². The molecular formula is C11H18N2O2S. The van der Waals surface area contributed by atoms with Crippen LogP contribution in [0.3, 0.4) is 0 Å². The molecule has 0 amide bonds. The Balaban J connectivity index is 2.52. The minimum absolute atomic E-state index is 0.193. The molecule has 5 heteroatoms. The maximum Gasteiger partial charge on any atom is 0.319 e. The van der Waals surface area contributed by atoms with Crippen LogP contribution in [0, 0.1) is 0 Å². The maximum atomic E-state index is 11.7. The number of aryl methyl sites for hydroxylation is 1. The number of carbonyl (C=O) groups is 1. The molecule has 0 aliphatic carbocycles. The van der Waals surface area contributed by atoms with Crippen LogP contribution in [-0.2, 0) is 16.6 Å². The van der Waals surface area contributed by atoms with Crippen molar-refractivity contribution in [2.45, 2.75) is 43.4 Å². The normalized spacial score (nSPS) is 13.6. The van der Waals surface area contributed by atoms with Gasteiger partial charge in [0, 0.05) is 18.1 Å². The summed E-state index contributed by atoms with van der Waals surface area (Å²) in [6, 6.07) is 0. The number of carbonyl (C=O) groups excluding carboxylic acids is 1. The van der Waals surface area contributed by atoms with E-state index < -0.39 is 5.60 Å². The molecule has 0 N–H and O–H groups in total. The van der Waals surface area contributed by atoms with E-state index in [9.17, 15) is 4.79 Å². The first-order valence-corrected chi connectivity index (χ1v) is 6.04. The molecule has 1 rings (SSSR count). The zero-order chi connectivity index (χ0) is 12.3. The number of aromatic nitrogens is 2. The van der Waals surface area contributed by atoms with Gasteiger partial charge >= 0.3 is 5.97 Å². The number of hydrogen-bond acceptors (Lipinski definition) is 4. The van der Waals surface area contributed by atoms with Crippen LogP contribution < -0.4 is 0 Å². The van der Waals surface area contributed by atoms with E-state index in [-0.39, 0.29) is 11.2 Å². The number of esters is 1. The average molecular weight is 242 g/mol. The van der Waals surface area contributed by atoms with Gasteiger partial charge in [-0.15, -0.1) is 11.8 Å². The number of rotatable bonds is 3. The van der Waals surface area contributed by atoms with Crippen molar-refractivity contribution in [1.29, 1.82) is 0 Å². The summed E-state index contributed by atoms with van der Waals surface area (Å²) in [4.78, 5) is 12.7. The molecule has 0 saturated heterocycles. The van der Waals surface area contributed by atoms with E-state index in [0.717, 1.165) is 4.90 Å². The first-order chi connectivity index (χ1) is 7.28. The van der Waals surface area contributed by atoms with Crippen LogP contribution in [-0.4, -0.2) is 26.6 Å². The summed E-state index contributed by atoms with van der Waals surface area (Å²) >= 11 is 1.46. The quantitative estimate of drug-likeness (QED) is 0.602. The highest BCUT2D eigenvalue weighted by atomic mass is 32.2. The topological polar surface area (TPSA) is 44.1 Å². The van der Waals surface area contributed by atoms with Crippen LogP contribution in [0.15, 0.2) is 17.3 Å². The largest absolute Gasteiger partial charge is 0.459 e. The van der Waals surface area contributed by atoms with Gasteiger partial charge in [0.15, 0.2) is 0 Å². The van der Waals surface area contributed by atoms with E-state index in [1.165, 1.54) is 11.8 Å². The standard InChI is InChI=1S/C11H18N2O2S/c1-8(10(14)15-11(2,3)4)16-9-6-12-13(5)7-9/h6-8H,1-5H3. The van der Waals surface area contributed by atoms with Crippen molar-refractivity contribution < 1.29 is 9.53 Å². The summed E-state index contributed by atoms with van der Waals surface area (Å²) in [5.74, 6) is -0.193. The molecule has 1 aromatic rings. The Morgan fingerprint density at radius 3 is 2.62 bits per heavy atom. The first kappa shape index (κ1) is 13.1.